The molecule has 6 heteroatoms. The second-order valence-corrected chi connectivity index (χ2v) is 11.8. The van der Waals surface area contributed by atoms with E-state index in [0.29, 0.717) is 24.4 Å². The van der Waals surface area contributed by atoms with Crippen molar-refractivity contribution in [2.45, 2.75) is 88.9 Å². The Labute approximate surface area is 217 Å². The maximum atomic E-state index is 9.10. The van der Waals surface area contributed by atoms with Crippen molar-refractivity contribution in [1.29, 1.82) is 0 Å². The monoisotopic (exact) mass is 501 g/mol. The fraction of sp³-hybridized carbons (Fsp3) is 0.800. The summed E-state index contributed by atoms with van der Waals surface area (Å²) in [4.78, 5) is 14.7. The van der Waals surface area contributed by atoms with Crippen LogP contribution in [0.25, 0.3) is 0 Å². The lowest BCUT2D eigenvalue weighted by molar-refractivity contribution is -0.485. The van der Waals surface area contributed by atoms with E-state index in [-0.39, 0.29) is 12.7 Å². The number of nitrogens with zero attached hydrogens (tertiary/aromatic N) is 1. The Hall–Kier alpha value is -1.18. The Morgan fingerprint density at radius 3 is 2.17 bits per heavy atom. The van der Waals surface area contributed by atoms with Gasteiger partial charge in [-0.3, -0.25) is 0 Å². The Morgan fingerprint density at radius 1 is 0.917 bits per heavy atom. The van der Waals surface area contributed by atoms with Crippen molar-refractivity contribution in [3.8, 4) is 5.75 Å². The maximum absolute atomic E-state index is 9.10. The second-order valence-electron chi connectivity index (χ2n) is 11.8. The molecule has 0 unspecified atom stereocenters. The molecule has 1 aromatic rings. The summed E-state index contributed by atoms with van der Waals surface area (Å²) >= 11 is 0. The smallest absolute Gasteiger partial charge is 0.207 e. The van der Waals surface area contributed by atoms with Crippen molar-refractivity contribution in [2.24, 2.45) is 23.7 Å². The normalized spacial score (nSPS) is 35.4. The van der Waals surface area contributed by atoms with E-state index in [0.717, 1.165) is 69.3 Å². The summed E-state index contributed by atoms with van der Waals surface area (Å²) in [5.74, 6) is 3.78. The van der Waals surface area contributed by atoms with Crippen LogP contribution in [0.1, 0.15) is 82.6 Å². The van der Waals surface area contributed by atoms with E-state index in [1.165, 1.54) is 37.7 Å². The third-order valence-corrected chi connectivity index (χ3v) is 9.69. The number of benzene rings is 1. The van der Waals surface area contributed by atoms with E-state index in [4.69, 9.17) is 24.4 Å². The summed E-state index contributed by atoms with van der Waals surface area (Å²) in [6, 6.07) is 8.69. The molecule has 0 heterocycles. The summed E-state index contributed by atoms with van der Waals surface area (Å²) in [6.45, 7) is 5.70. The number of aliphatic hydroxyl groups excluding tert-OH is 1. The molecule has 5 aliphatic rings. The van der Waals surface area contributed by atoms with Crippen LogP contribution in [0.2, 0.25) is 0 Å². The molecule has 6 rings (SSSR count). The van der Waals surface area contributed by atoms with Crippen molar-refractivity contribution < 1.29 is 24.4 Å². The molecule has 36 heavy (non-hydrogen) atoms. The lowest BCUT2D eigenvalue weighted by atomic mass is 9.53. The van der Waals surface area contributed by atoms with Gasteiger partial charge in [-0.05, 0) is 106 Å². The van der Waals surface area contributed by atoms with Gasteiger partial charge in [-0.25, -0.2) is 9.78 Å². The Kier molecular flexibility index (Phi) is 8.90. The number of methoxy groups -OCH3 is 1. The minimum absolute atomic E-state index is 0.168. The first kappa shape index (κ1) is 26.4. The molecule has 5 fully saturated rings. The van der Waals surface area contributed by atoms with Gasteiger partial charge in [0.15, 0.2) is 0 Å². The van der Waals surface area contributed by atoms with Gasteiger partial charge in [0.2, 0.25) is 5.79 Å². The van der Waals surface area contributed by atoms with E-state index in [1.807, 2.05) is 7.11 Å². The molecule has 0 amide bonds. The van der Waals surface area contributed by atoms with Crippen molar-refractivity contribution in [3.63, 3.8) is 0 Å². The summed E-state index contributed by atoms with van der Waals surface area (Å²) in [5.41, 5.74) is 1.40. The zero-order valence-electron chi connectivity index (χ0n) is 22.4. The van der Waals surface area contributed by atoms with E-state index < -0.39 is 5.79 Å². The van der Waals surface area contributed by atoms with Crippen molar-refractivity contribution in [2.75, 3.05) is 40.0 Å². The van der Waals surface area contributed by atoms with Crippen molar-refractivity contribution in [1.82, 2.24) is 4.90 Å². The summed E-state index contributed by atoms with van der Waals surface area (Å²) < 4.78 is 12.1. The van der Waals surface area contributed by atoms with Crippen molar-refractivity contribution in [3.05, 3.63) is 29.8 Å². The van der Waals surface area contributed by atoms with E-state index in [2.05, 4.69) is 36.1 Å². The highest BCUT2D eigenvalue weighted by atomic mass is 17.2. The largest absolute Gasteiger partial charge is 0.494 e. The van der Waals surface area contributed by atoms with Crippen LogP contribution in [0.4, 0.5) is 0 Å². The molecule has 0 spiro atoms. The molecule has 4 bridgehead atoms. The number of hydrogen-bond donors (Lipinski definition) is 1. The lowest BCUT2D eigenvalue weighted by Crippen LogP contribution is -2.60. The Morgan fingerprint density at radius 2 is 1.58 bits per heavy atom. The summed E-state index contributed by atoms with van der Waals surface area (Å²) in [5, 5.41) is 9.10. The predicted molar refractivity (Wildman–Crippen MR) is 140 cm³/mol. The molecule has 1 N–H and O–H groups in total. The minimum Gasteiger partial charge on any atom is -0.494 e. The first-order valence-electron chi connectivity index (χ1n) is 14.6. The quantitative estimate of drug-likeness (QED) is 0.166. The number of ether oxygens (including phenoxy) is 2. The van der Waals surface area contributed by atoms with Gasteiger partial charge < -0.3 is 19.5 Å². The first-order valence-corrected chi connectivity index (χ1v) is 14.6. The molecule has 5 aliphatic carbocycles. The fourth-order valence-electron chi connectivity index (χ4n) is 7.86. The highest BCUT2D eigenvalue weighted by Gasteiger charge is 2.60. The molecule has 202 valence electrons. The van der Waals surface area contributed by atoms with Crippen LogP contribution in [-0.2, 0) is 14.5 Å². The number of aliphatic hydroxyl groups is 1. The second kappa shape index (κ2) is 12.1. The van der Waals surface area contributed by atoms with Gasteiger partial charge in [-0.2, -0.15) is 0 Å². The fourth-order valence-corrected chi connectivity index (χ4v) is 7.86. The van der Waals surface area contributed by atoms with Gasteiger partial charge in [-0.15, -0.1) is 0 Å². The average molecular weight is 502 g/mol. The SMILES string of the molecule is CCN(CCO)CCCOc1ccc([C@H]2CC[C@@H](OOC3(OC)C4CC5CC(C4)CC3C5)CC2)cc1. The van der Waals surface area contributed by atoms with Gasteiger partial charge in [0, 0.05) is 32.0 Å². The van der Waals surface area contributed by atoms with Crippen LogP contribution < -0.4 is 4.74 Å². The van der Waals surface area contributed by atoms with E-state index in [9.17, 15) is 0 Å². The third kappa shape index (κ3) is 5.78. The molecule has 0 aromatic heterocycles. The molecule has 1 aromatic carbocycles. The van der Waals surface area contributed by atoms with Crippen LogP contribution in [0, 0.1) is 23.7 Å². The topological polar surface area (TPSA) is 60.4 Å². The van der Waals surface area contributed by atoms with Gasteiger partial charge in [-0.1, -0.05) is 19.1 Å². The Balaban J connectivity index is 1.04. The number of hydrogen-bond acceptors (Lipinski definition) is 6. The van der Waals surface area contributed by atoms with Crippen molar-refractivity contribution >= 4 is 0 Å². The molecule has 5 saturated carbocycles. The minimum atomic E-state index is -0.506. The Bertz CT molecular complexity index is 778. The molecule has 0 saturated heterocycles. The molecular weight excluding hydrogens is 454 g/mol. The maximum Gasteiger partial charge on any atom is 0.207 e. The standard InChI is InChI=1S/C30H47NO5/c1-3-31(14-15-32)13-4-16-34-28-9-5-24(6-10-28)25-7-11-29(12-8-25)35-36-30(33-2)26-18-22-17-23(20-26)21-27(30)19-22/h5-6,9-10,22-23,25-27,29,32H,3-4,7-8,11-21H2,1-2H3/t22?,23?,25-,26?,27?,29+,30?. The van der Waals surface area contributed by atoms with Gasteiger partial charge in [0.1, 0.15) is 5.75 Å². The first-order chi connectivity index (χ1) is 17.6. The van der Waals surface area contributed by atoms with E-state index >= 15 is 0 Å². The lowest BCUT2D eigenvalue weighted by Gasteiger charge is -2.58. The van der Waals surface area contributed by atoms with Gasteiger partial charge in [0.25, 0.3) is 0 Å². The average Bonchev–Trinajstić information content (AvgIpc) is 2.91. The highest BCUT2D eigenvalue weighted by Crippen LogP contribution is 2.60. The van der Waals surface area contributed by atoms with Gasteiger partial charge >= 0.3 is 0 Å². The zero-order valence-corrected chi connectivity index (χ0v) is 22.4. The van der Waals surface area contributed by atoms with Crippen LogP contribution >= 0.6 is 0 Å². The summed E-state index contributed by atoms with van der Waals surface area (Å²) in [6.07, 6.45) is 11.9. The zero-order chi connectivity index (χ0) is 25.0. The number of rotatable bonds is 13. The summed E-state index contributed by atoms with van der Waals surface area (Å²) in [7, 11) is 1.83. The highest BCUT2D eigenvalue weighted by molar-refractivity contribution is 5.29. The molecule has 0 radical (unpaired) electrons. The molecule has 0 atom stereocenters. The predicted octanol–water partition coefficient (Wildman–Crippen LogP) is 5.54. The molecular formula is C30H47NO5. The van der Waals surface area contributed by atoms with E-state index in [1.54, 1.807) is 0 Å². The van der Waals surface area contributed by atoms with Gasteiger partial charge in [0.05, 0.1) is 19.3 Å². The molecule has 6 nitrogen and oxygen atoms in total. The van der Waals surface area contributed by atoms with Crippen LogP contribution in [-0.4, -0.2) is 61.9 Å². The third-order valence-electron chi connectivity index (χ3n) is 9.69. The van der Waals surface area contributed by atoms with Crippen LogP contribution in [0.3, 0.4) is 0 Å². The molecule has 0 aliphatic heterocycles. The van der Waals surface area contributed by atoms with Crippen LogP contribution in [0.15, 0.2) is 24.3 Å². The van der Waals surface area contributed by atoms with Crippen LogP contribution in [0.5, 0.6) is 5.75 Å². The number of likely N-dealkylation sites (N-methyl/N-ethyl adjacent to an activating group) is 1.